The lowest BCUT2D eigenvalue weighted by atomic mass is 10.0. The molecule has 0 aliphatic carbocycles. The van der Waals surface area contributed by atoms with Gasteiger partial charge >= 0.3 is 0 Å². The van der Waals surface area contributed by atoms with Gasteiger partial charge in [-0.05, 0) is 26.2 Å². The summed E-state index contributed by atoms with van der Waals surface area (Å²) in [6.45, 7) is 5.67. The van der Waals surface area contributed by atoms with Crippen LogP contribution in [0.25, 0.3) is 0 Å². The van der Waals surface area contributed by atoms with Crippen molar-refractivity contribution in [2.45, 2.75) is 38.3 Å². The number of ether oxygens (including phenoxy) is 1. The first-order valence-electron chi connectivity index (χ1n) is 7.26. The second-order valence-corrected chi connectivity index (χ2v) is 5.41. The highest BCUT2D eigenvalue weighted by Gasteiger charge is 2.29. The van der Waals surface area contributed by atoms with Crippen molar-refractivity contribution >= 4 is 29.9 Å². The van der Waals surface area contributed by atoms with Gasteiger partial charge < -0.3 is 19.9 Å². The Labute approximate surface area is 143 Å². The fourth-order valence-electron chi connectivity index (χ4n) is 2.36. The number of imidazole rings is 1. The Morgan fingerprint density at radius 2 is 2.33 bits per heavy atom. The lowest BCUT2D eigenvalue weighted by molar-refractivity contribution is 0.0243. The molecule has 1 aliphatic rings. The van der Waals surface area contributed by atoms with E-state index in [1.54, 1.807) is 13.2 Å². The second-order valence-electron chi connectivity index (χ2n) is 5.41. The minimum Gasteiger partial charge on any atom is -0.373 e. The maximum absolute atomic E-state index is 5.75. The Bertz CT molecular complexity index is 415. The Hall–Kier alpha value is -0.830. The molecule has 1 aromatic heterocycles. The van der Waals surface area contributed by atoms with Gasteiger partial charge in [0.25, 0.3) is 0 Å². The molecule has 0 bridgehead atoms. The predicted octanol–water partition coefficient (Wildman–Crippen LogP) is 1.63. The van der Waals surface area contributed by atoms with Crippen molar-refractivity contribution in [3.8, 4) is 0 Å². The summed E-state index contributed by atoms with van der Waals surface area (Å²) >= 11 is 0. The minimum atomic E-state index is -0.0472. The molecule has 1 atom stereocenters. The van der Waals surface area contributed by atoms with Crippen molar-refractivity contribution in [2.75, 3.05) is 26.7 Å². The van der Waals surface area contributed by atoms with Crippen LogP contribution in [0.15, 0.2) is 23.7 Å². The third-order valence-corrected chi connectivity index (χ3v) is 3.60. The van der Waals surface area contributed by atoms with Gasteiger partial charge in [-0.3, -0.25) is 4.99 Å². The minimum absolute atomic E-state index is 0. The molecule has 2 rings (SSSR count). The molecule has 1 fully saturated rings. The molecular formula is C14H26IN5O. The third-order valence-electron chi connectivity index (χ3n) is 3.60. The van der Waals surface area contributed by atoms with Crippen LogP contribution in [-0.4, -0.2) is 47.9 Å². The Morgan fingerprint density at radius 1 is 1.48 bits per heavy atom. The summed E-state index contributed by atoms with van der Waals surface area (Å²) in [4.78, 5) is 8.26. The molecule has 0 saturated carbocycles. The molecule has 2 N–H and O–H groups in total. The predicted molar refractivity (Wildman–Crippen MR) is 95.2 cm³/mol. The van der Waals surface area contributed by atoms with Gasteiger partial charge in [-0.1, -0.05) is 0 Å². The maximum atomic E-state index is 5.75. The maximum Gasteiger partial charge on any atom is 0.191 e. The fourth-order valence-corrected chi connectivity index (χ4v) is 2.36. The number of aromatic nitrogens is 2. The van der Waals surface area contributed by atoms with Crippen molar-refractivity contribution in [1.82, 2.24) is 20.2 Å². The third kappa shape index (κ3) is 6.21. The molecule has 0 radical (unpaired) electrons. The first kappa shape index (κ1) is 18.2. The van der Waals surface area contributed by atoms with Crippen LogP contribution in [-0.2, 0) is 11.3 Å². The molecule has 120 valence electrons. The smallest absolute Gasteiger partial charge is 0.191 e. The first-order chi connectivity index (χ1) is 9.72. The highest BCUT2D eigenvalue weighted by molar-refractivity contribution is 14.0. The zero-order chi connectivity index (χ0) is 14.3. The van der Waals surface area contributed by atoms with Gasteiger partial charge in [-0.15, -0.1) is 24.0 Å². The lowest BCUT2D eigenvalue weighted by Crippen LogP contribution is -2.45. The lowest BCUT2D eigenvalue weighted by Gasteiger charge is -2.24. The number of hydrogen-bond acceptors (Lipinski definition) is 3. The molecule has 0 amide bonds. The van der Waals surface area contributed by atoms with Crippen molar-refractivity contribution in [3.63, 3.8) is 0 Å². The summed E-state index contributed by atoms with van der Waals surface area (Å²) in [5.74, 6) is 0.840. The molecular weight excluding hydrogens is 381 g/mol. The van der Waals surface area contributed by atoms with Crippen LogP contribution in [0.2, 0.25) is 0 Å². The van der Waals surface area contributed by atoms with Crippen LogP contribution in [0.5, 0.6) is 0 Å². The highest BCUT2D eigenvalue weighted by Crippen LogP contribution is 2.23. The van der Waals surface area contributed by atoms with Crippen LogP contribution in [0.1, 0.15) is 26.2 Å². The normalized spacial score (nSPS) is 21.9. The van der Waals surface area contributed by atoms with E-state index in [9.17, 15) is 0 Å². The van der Waals surface area contributed by atoms with Crippen LogP contribution in [0.4, 0.5) is 0 Å². The topological polar surface area (TPSA) is 63.5 Å². The van der Waals surface area contributed by atoms with Gasteiger partial charge in [-0.2, -0.15) is 0 Å². The van der Waals surface area contributed by atoms with Gasteiger partial charge in [0.1, 0.15) is 0 Å². The van der Waals surface area contributed by atoms with Gasteiger partial charge in [-0.25, -0.2) is 4.98 Å². The number of nitrogens with one attached hydrogen (secondary N) is 2. The molecule has 1 aliphatic heterocycles. The molecule has 7 heteroatoms. The van der Waals surface area contributed by atoms with E-state index >= 15 is 0 Å². The van der Waals surface area contributed by atoms with E-state index in [2.05, 4.69) is 32.1 Å². The number of halogens is 1. The molecule has 21 heavy (non-hydrogen) atoms. The fraction of sp³-hybridized carbons (Fsp3) is 0.714. The van der Waals surface area contributed by atoms with Crippen LogP contribution in [0, 0.1) is 0 Å². The average Bonchev–Trinajstić information content (AvgIpc) is 3.10. The van der Waals surface area contributed by atoms with Gasteiger partial charge in [0, 0.05) is 45.7 Å². The zero-order valence-corrected chi connectivity index (χ0v) is 15.2. The molecule has 1 aromatic rings. The van der Waals surface area contributed by atoms with E-state index in [1.165, 1.54) is 0 Å². The van der Waals surface area contributed by atoms with Gasteiger partial charge in [0.15, 0.2) is 5.96 Å². The summed E-state index contributed by atoms with van der Waals surface area (Å²) in [7, 11) is 1.79. The summed E-state index contributed by atoms with van der Waals surface area (Å²) < 4.78 is 7.83. The Kier molecular flexibility index (Phi) is 8.02. The van der Waals surface area contributed by atoms with Crippen LogP contribution >= 0.6 is 24.0 Å². The Morgan fingerprint density at radius 3 is 2.95 bits per heavy atom. The van der Waals surface area contributed by atoms with E-state index in [-0.39, 0.29) is 29.6 Å². The molecule has 2 heterocycles. The van der Waals surface area contributed by atoms with E-state index in [0.29, 0.717) is 0 Å². The summed E-state index contributed by atoms with van der Waals surface area (Å²) in [6.07, 6.45) is 8.91. The van der Waals surface area contributed by atoms with Gasteiger partial charge in [0.05, 0.1) is 11.9 Å². The Balaban J connectivity index is 0.00000220. The zero-order valence-electron chi connectivity index (χ0n) is 12.8. The van der Waals surface area contributed by atoms with Gasteiger partial charge in [0.2, 0.25) is 0 Å². The van der Waals surface area contributed by atoms with Crippen LogP contribution < -0.4 is 10.6 Å². The number of hydrogen-bond donors (Lipinski definition) is 2. The first-order valence-corrected chi connectivity index (χ1v) is 7.26. The number of guanidine groups is 1. The van der Waals surface area contributed by atoms with Crippen LogP contribution in [0.3, 0.4) is 0 Å². The quantitative estimate of drug-likeness (QED) is 0.326. The number of rotatable bonds is 6. The molecule has 6 nitrogen and oxygen atoms in total. The van der Waals surface area contributed by atoms with Crippen molar-refractivity contribution in [2.24, 2.45) is 4.99 Å². The second kappa shape index (κ2) is 9.24. The number of nitrogens with zero attached hydrogens (tertiary/aromatic N) is 3. The monoisotopic (exact) mass is 407 g/mol. The number of aliphatic imine (C=N–C) groups is 1. The molecule has 1 saturated heterocycles. The molecule has 0 spiro atoms. The number of aryl methyl sites for hydroxylation is 1. The largest absolute Gasteiger partial charge is 0.373 e. The summed E-state index contributed by atoms with van der Waals surface area (Å²) in [6, 6.07) is 0. The molecule has 1 unspecified atom stereocenters. The van der Waals surface area contributed by atoms with Crippen molar-refractivity contribution < 1.29 is 4.74 Å². The van der Waals surface area contributed by atoms with E-state index in [1.807, 2.05) is 12.5 Å². The van der Waals surface area contributed by atoms with Crippen molar-refractivity contribution in [1.29, 1.82) is 0 Å². The van der Waals surface area contributed by atoms with E-state index in [0.717, 1.165) is 51.5 Å². The highest BCUT2D eigenvalue weighted by atomic mass is 127. The molecule has 0 aromatic carbocycles. The summed E-state index contributed by atoms with van der Waals surface area (Å²) in [5, 5.41) is 6.66. The average molecular weight is 407 g/mol. The SMILES string of the molecule is CN=C(NCCCn1ccnc1)NCC1(C)CCCO1.I. The van der Waals surface area contributed by atoms with E-state index in [4.69, 9.17) is 4.74 Å². The van der Waals surface area contributed by atoms with Crippen molar-refractivity contribution in [3.05, 3.63) is 18.7 Å². The summed E-state index contributed by atoms with van der Waals surface area (Å²) in [5.41, 5.74) is -0.0472. The van der Waals surface area contributed by atoms with E-state index < -0.39 is 0 Å². The standard InChI is InChI=1S/C14H25N5O.HI/c1-14(5-3-10-20-14)11-18-13(15-2)17-6-4-8-19-9-7-16-12-19;/h7,9,12H,3-6,8,10-11H2,1-2H3,(H2,15,17,18);1H.